The van der Waals surface area contributed by atoms with Crippen molar-refractivity contribution in [3.05, 3.63) is 30.1 Å². The molecule has 1 aliphatic heterocycles. The topological polar surface area (TPSA) is 76.6 Å². The van der Waals surface area contributed by atoms with Crippen LogP contribution in [0.3, 0.4) is 0 Å². The minimum Gasteiger partial charge on any atom is -0.356 e. The van der Waals surface area contributed by atoms with Gasteiger partial charge in [0.05, 0.1) is 12.1 Å². The molecule has 1 aliphatic rings. The van der Waals surface area contributed by atoms with E-state index in [0.29, 0.717) is 6.54 Å². The van der Waals surface area contributed by atoms with Gasteiger partial charge in [0.15, 0.2) is 5.96 Å². The third-order valence-corrected chi connectivity index (χ3v) is 5.07. The highest BCUT2D eigenvalue weighted by Crippen LogP contribution is 2.24. The SMILES string of the molecule is CN=C(NCCc1c[nH]c2ncccc12)N1CC(=O)N(C(C)C)C(C)(C)C1.I. The fraction of sp³-hybridized carbons (Fsp3) is 0.550. The molecule has 0 radical (unpaired) electrons. The van der Waals surface area contributed by atoms with Crippen molar-refractivity contribution in [2.24, 2.45) is 4.99 Å². The van der Waals surface area contributed by atoms with E-state index in [1.54, 1.807) is 13.2 Å². The second kappa shape index (κ2) is 9.11. The number of amides is 1. The zero-order valence-corrected chi connectivity index (χ0v) is 19.7. The van der Waals surface area contributed by atoms with Crippen molar-refractivity contribution in [3.63, 3.8) is 0 Å². The number of nitrogens with zero attached hydrogens (tertiary/aromatic N) is 4. The molecule has 0 atom stereocenters. The third kappa shape index (κ3) is 4.59. The smallest absolute Gasteiger partial charge is 0.242 e. The molecule has 154 valence electrons. The Morgan fingerprint density at radius 1 is 1.43 bits per heavy atom. The van der Waals surface area contributed by atoms with Crippen molar-refractivity contribution in [3.8, 4) is 0 Å². The number of halogens is 1. The molecule has 2 aromatic heterocycles. The predicted molar refractivity (Wildman–Crippen MR) is 124 cm³/mol. The molecule has 1 fully saturated rings. The van der Waals surface area contributed by atoms with Gasteiger partial charge in [-0.3, -0.25) is 9.79 Å². The van der Waals surface area contributed by atoms with Crippen molar-refractivity contribution in [1.29, 1.82) is 0 Å². The summed E-state index contributed by atoms with van der Waals surface area (Å²) in [5, 5.41) is 4.56. The summed E-state index contributed by atoms with van der Waals surface area (Å²) in [4.78, 5) is 28.7. The van der Waals surface area contributed by atoms with Gasteiger partial charge in [-0.05, 0) is 51.8 Å². The van der Waals surface area contributed by atoms with Crippen LogP contribution >= 0.6 is 24.0 Å². The van der Waals surface area contributed by atoms with Gasteiger partial charge < -0.3 is 20.1 Å². The first-order valence-electron chi connectivity index (χ1n) is 9.52. The number of hydrogen-bond acceptors (Lipinski definition) is 3. The molecule has 1 amide bonds. The minimum absolute atomic E-state index is 0. The highest BCUT2D eigenvalue weighted by molar-refractivity contribution is 14.0. The molecule has 0 bridgehead atoms. The molecule has 3 rings (SSSR count). The van der Waals surface area contributed by atoms with Crippen LogP contribution in [-0.2, 0) is 11.2 Å². The Labute approximate surface area is 184 Å². The van der Waals surface area contributed by atoms with Crippen molar-refractivity contribution >= 4 is 46.9 Å². The van der Waals surface area contributed by atoms with Crippen LogP contribution in [0.5, 0.6) is 0 Å². The Kier molecular flexibility index (Phi) is 7.30. The number of aromatic nitrogens is 2. The van der Waals surface area contributed by atoms with Crippen LogP contribution in [0.2, 0.25) is 0 Å². The van der Waals surface area contributed by atoms with Gasteiger partial charge in [-0.15, -0.1) is 24.0 Å². The first-order chi connectivity index (χ1) is 12.8. The standard InChI is InChI=1S/C20H30N6O.HI/c1-14(2)26-17(27)12-25(13-20(26,3)4)19(21-5)23-10-8-15-11-24-18-16(15)7-6-9-22-18;/h6-7,9,11,14H,8,10,12-13H2,1-5H3,(H,21,23)(H,22,24);1H. The molecule has 0 aliphatic carbocycles. The molecule has 1 saturated heterocycles. The van der Waals surface area contributed by atoms with Crippen LogP contribution in [0.1, 0.15) is 33.3 Å². The largest absolute Gasteiger partial charge is 0.356 e. The number of fused-ring (bicyclic) bond motifs is 1. The summed E-state index contributed by atoms with van der Waals surface area (Å²) in [5.41, 5.74) is 1.90. The molecule has 0 saturated carbocycles. The summed E-state index contributed by atoms with van der Waals surface area (Å²) in [6.45, 7) is 10.2. The summed E-state index contributed by atoms with van der Waals surface area (Å²) >= 11 is 0. The van der Waals surface area contributed by atoms with E-state index >= 15 is 0 Å². The lowest BCUT2D eigenvalue weighted by Crippen LogP contribution is -2.66. The van der Waals surface area contributed by atoms with Gasteiger partial charge in [-0.1, -0.05) is 0 Å². The summed E-state index contributed by atoms with van der Waals surface area (Å²) in [6.07, 6.45) is 4.66. The van der Waals surface area contributed by atoms with Gasteiger partial charge in [-0.25, -0.2) is 4.98 Å². The maximum Gasteiger partial charge on any atom is 0.242 e. The number of rotatable bonds is 4. The van der Waals surface area contributed by atoms with Gasteiger partial charge in [0.2, 0.25) is 5.91 Å². The number of carbonyl (C=O) groups excluding carboxylic acids is 1. The number of aliphatic imine (C=N–C) groups is 1. The number of carbonyl (C=O) groups is 1. The average molecular weight is 498 g/mol. The van der Waals surface area contributed by atoms with Crippen molar-refractivity contribution < 1.29 is 4.79 Å². The molecule has 3 heterocycles. The van der Waals surface area contributed by atoms with Gasteiger partial charge in [0, 0.05) is 44.0 Å². The normalized spacial score (nSPS) is 17.2. The molecule has 2 N–H and O–H groups in total. The molecule has 2 aromatic rings. The first kappa shape index (κ1) is 22.4. The number of pyridine rings is 1. The zero-order chi connectivity index (χ0) is 19.6. The summed E-state index contributed by atoms with van der Waals surface area (Å²) in [7, 11) is 1.77. The average Bonchev–Trinajstić information content (AvgIpc) is 3.00. The Balaban J connectivity index is 0.00000280. The summed E-state index contributed by atoms with van der Waals surface area (Å²) in [6, 6.07) is 4.23. The van der Waals surface area contributed by atoms with E-state index in [9.17, 15) is 4.79 Å². The van der Waals surface area contributed by atoms with Crippen LogP contribution in [-0.4, -0.2) is 69.9 Å². The minimum atomic E-state index is -0.233. The fourth-order valence-corrected chi connectivity index (χ4v) is 4.17. The van der Waals surface area contributed by atoms with Crippen LogP contribution in [0.15, 0.2) is 29.5 Å². The molecule has 8 heteroatoms. The van der Waals surface area contributed by atoms with Crippen LogP contribution < -0.4 is 5.32 Å². The van der Waals surface area contributed by atoms with Crippen LogP contribution in [0.4, 0.5) is 0 Å². The van der Waals surface area contributed by atoms with E-state index < -0.39 is 0 Å². The van der Waals surface area contributed by atoms with E-state index in [4.69, 9.17) is 0 Å². The fourth-order valence-electron chi connectivity index (χ4n) is 4.17. The third-order valence-electron chi connectivity index (χ3n) is 5.07. The van der Waals surface area contributed by atoms with E-state index in [0.717, 1.165) is 36.5 Å². The Bertz CT molecular complexity index is 844. The van der Waals surface area contributed by atoms with Gasteiger partial charge in [0.25, 0.3) is 0 Å². The Hall–Kier alpha value is -1.84. The van der Waals surface area contributed by atoms with Gasteiger partial charge in [0.1, 0.15) is 5.65 Å². The number of H-pyrrole nitrogens is 1. The number of nitrogens with one attached hydrogen (secondary N) is 2. The van der Waals surface area contributed by atoms with Gasteiger partial charge >= 0.3 is 0 Å². The highest BCUT2D eigenvalue weighted by atomic mass is 127. The molecule has 0 unspecified atom stereocenters. The second-order valence-corrected chi connectivity index (χ2v) is 7.96. The van der Waals surface area contributed by atoms with Crippen molar-refractivity contribution in [2.45, 2.75) is 45.7 Å². The van der Waals surface area contributed by atoms with Crippen molar-refractivity contribution in [1.82, 2.24) is 25.1 Å². The Morgan fingerprint density at radius 2 is 2.18 bits per heavy atom. The second-order valence-electron chi connectivity index (χ2n) is 7.96. The maximum absolute atomic E-state index is 12.7. The van der Waals surface area contributed by atoms with E-state index in [2.05, 4.69) is 58.9 Å². The molecular weight excluding hydrogens is 467 g/mol. The molecular formula is C20H31IN6O. The lowest BCUT2D eigenvalue weighted by Gasteiger charge is -2.49. The van der Waals surface area contributed by atoms with Gasteiger partial charge in [-0.2, -0.15) is 0 Å². The first-order valence-corrected chi connectivity index (χ1v) is 9.52. The predicted octanol–water partition coefficient (Wildman–Crippen LogP) is 2.63. The van der Waals surface area contributed by atoms with Crippen LogP contribution in [0.25, 0.3) is 11.0 Å². The molecule has 28 heavy (non-hydrogen) atoms. The summed E-state index contributed by atoms with van der Waals surface area (Å²) in [5.74, 6) is 0.921. The number of guanidine groups is 1. The Morgan fingerprint density at radius 3 is 2.82 bits per heavy atom. The monoisotopic (exact) mass is 498 g/mol. The highest BCUT2D eigenvalue weighted by Gasteiger charge is 2.40. The van der Waals surface area contributed by atoms with Crippen LogP contribution in [0, 0.1) is 0 Å². The zero-order valence-electron chi connectivity index (χ0n) is 17.3. The lowest BCUT2D eigenvalue weighted by atomic mass is 9.96. The molecule has 0 spiro atoms. The maximum atomic E-state index is 12.7. The quantitative estimate of drug-likeness (QED) is 0.386. The molecule has 7 nitrogen and oxygen atoms in total. The lowest BCUT2D eigenvalue weighted by molar-refractivity contribution is -0.145. The van der Waals surface area contributed by atoms with E-state index in [-0.39, 0.29) is 41.5 Å². The number of hydrogen-bond donors (Lipinski definition) is 2. The number of aromatic amines is 1. The van der Waals surface area contributed by atoms with E-state index in [1.807, 2.05) is 17.2 Å². The molecule has 0 aromatic carbocycles. The summed E-state index contributed by atoms with van der Waals surface area (Å²) < 4.78 is 0. The number of piperazine rings is 1. The van der Waals surface area contributed by atoms with Crippen molar-refractivity contribution in [2.75, 3.05) is 26.7 Å². The van der Waals surface area contributed by atoms with E-state index in [1.165, 1.54) is 5.56 Å².